The van der Waals surface area contributed by atoms with Crippen molar-refractivity contribution in [3.63, 3.8) is 0 Å². The molecule has 0 N–H and O–H groups in total. The molecule has 32 heavy (non-hydrogen) atoms. The molecule has 0 saturated heterocycles. The molecule has 8 heteroatoms. The summed E-state index contributed by atoms with van der Waals surface area (Å²) in [6.07, 6.45) is 5.84. The van der Waals surface area contributed by atoms with E-state index in [2.05, 4.69) is 10.2 Å². The lowest BCUT2D eigenvalue weighted by molar-refractivity contribution is 0.366. The predicted octanol–water partition coefficient (Wildman–Crippen LogP) is 7.91. The van der Waals surface area contributed by atoms with Crippen LogP contribution in [-0.4, -0.2) is 20.0 Å². The van der Waals surface area contributed by atoms with E-state index in [4.69, 9.17) is 44.3 Å². The Morgan fingerprint density at radius 1 is 0.938 bits per heavy atom. The van der Waals surface area contributed by atoms with Gasteiger partial charge in [-0.2, -0.15) is 5.10 Å². The number of hydrogen-bond donors (Lipinski definition) is 0. The summed E-state index contributed by atoms with van der Waals surface area (Å²) in [5, 5.41) is 15.2. The van der Waals surface area contributed by atoms with Gasteiger partial charge in [0, 0.05) is 27.1 Å². The molecule has 1 saturated carbocycles. The molecule has 2 aromatic heterocycles. The van der Waals surface area contributed by atoms with Gasteiger partial charge in [-0.25, -0.2) is 4.68 Å². The van der Waals surface area contributed by atoms with Gasteiger partial charge in [0.05, 0.1) is 16.4 Å². The van der Waals surface area contributed by atoms with Crippen LogP contribution < -0.4 is 0 Å². The highest BCUT2D eigenvalue weighted by Gasteiger charge is 2.26. The van der Waals surface area contributed by atoms with Crippen LogP contribution in [0.15, 0.2) is 46.9 Å². The Morgan fingerprint density at radius 3 is 2.47 bits per heavy atom. The third-order valence-corrected chi connectivity index (χ3v) is 6.73. The molecule has 1 fully saturated rings. The minimum absolute atomic E-state index is 0.325. The first kappa shape index (κ1) is 21.5. The smallest absolute Gasteiger partial charge is 0.268 e. The third kappa shape index (κ3) is 4.05. The van der Waals surface area contributed by atoms with Crippen molar-refractivity contribution in [2.24, 2.45) is 0 Å². The first-order valence-corrected chi connectivity index (χ1v) is 11.8. The zero-order chi connectivity index (χ0) is 22.2. The van der Waals surface area contributed by atoms with Crippen molar-refractivity contribution in [1.82, 2.24) is 20.0 Å². The van der Waals surface area contributed by atoms with E-state index < -0.39 is 0 Å². The Morgan fingerprint density at radius 2 is 1.72 bits per heavy atom. The third-order valence-electron chi connectivity index (χ3n) is 5.96. The second-order valence-corrected chi connectivity index (χ2v) is 9.40. The second kappa shape index (κ2) is 8.89. The molecule has 0 atom stereocenters. The quantitative estimate of drug-likeness (QED) is 0.293. The number of benzene rings is 2. The van der Waals surface area contributed by atoms with E-state index in [1.54, 1.807) is 16.8 Å². The molecule has 2 aromatic carbocycles. The fourth-order valence-corrected chi connectivity index (χ4v) is 5.02. The van der Waals surface area contributed by atoms with Crippen LogP contribution in [-0.2, 0) is 0 Å². The number of hydrogen-bond acceptors (Lipinski definition) is 4. The number of rotatable bonds is 4. The van der Waals surface area contributed by atoms with Crippen molar-refractivity contribution in [2.45, 2.75) is 44.9 Å². The van der Waals surface area contributed by atoms with Crippen LogP contribution in [0.4, 0.5) is 0 Å². The molecule has 0 amide bonds. The van der Waals surface area contributed by atoms with Crippen LogP contribution in [0.25, 0.3) is 28.5 Å². The Hall–Kier alpha value is -2.34. The van der Waals surface area contributed by atoms with E-state index in [9.17, 15) is 0 Å². The van der Waals surface area contributed by atoms with E-state index in [1.807, 2.05) is 37.3 Å². The van der Waals surface area contributed by atoms with E-state index in [0.717, 1.165) is 29.7 Å². The average molecular weight is 488 g/mol. The van der Waals surface area contributed by atoms with Gasteiger partial charge in [-0.1, -0.05) is 66.2 Å². The summed E-state index contributed by atoms with van der Waals surface area (Å²) in [5.41, 5.74) is 3.99. The lowest BCUT2D eigenvalue weighted by Gasteiger charge is -2.17. The topological polar surface area (TPSA) is 56.7 Å². The highest BCUT2D eigenvalue weighted by molar-refractivity contribution is 6.35. The van der Waals surface area contributed by atoms with Crippen molar-refractivity contribution >= 4 is 34.8 Å². The van der Waals surface area contributed by atoms with Crippen molar-refractivity contribution in [1.29, 1.82) is 0 Å². The molecule has 2 heterocycles. The van der Waals surface area contributed by atoms with Crippen LogP contribution in [0, 0.1) is 6.92 Å². The predicted molar refractivity (Wildman–Crippen MR) is 128 cm³/mol. The maximum atomic E-state index is 6.55. The Balaban J connectivity index is 1.66. The summed E-state index contributed by atoms with van der Waals surface area (Å²) in [6, 6.07) is 13.0. The van der Waals surface area contributed by atoms with E-state index in [1.165, 1.54) is 19.3 Å². The lowest BCUT2D eigenvalue weighted by Crippen LogP contribution is -2.04. The monoisotopic (exact) mass is 486 g/mol. The Bertz CT molecular complexity index is 1270. The van der Waals surface area contributed by atoms with Crippen molar-refractivity contribution in [2.75, 3.05) is 0 Å². The van der Waals surface area contributed by atoms with E-state index in [0.29, 0.717) is 44.1 Å². The standard InChI is InChI=1S/C24H21Cl3N4O/c1-14-21(24-29-28-23(32-24)15-6-3-2-4-7-15)30-31(20-11-10-18(26)13-19(20)27)22(14)16-8-5-9-17(25)12-16/h5,8-13,15H,2-4,6-7H2,1H3. The van der Waals surface area contributed by atoms with Gasteiger partial charge in [0.2, 0.25) is 5.89 Å². The molecule has 0 unspecified atom stereocenters. The molecule has 1 aliphatic carbocycles. The highest BCUT2D eigenvalue weighted by Crippen LogP contribution is 2.38. The molecule has 5 nitrogen and oxygen atoms in total. The Kier molecular flexibility index (Phi) is 5.97. The minimum Gasteiger partial charge on any atom is -0.419 e. The van der Waals surface area contributed by atoms with Crippen molar-refractivity contribution in [3.8, 4) is 28.5 Å². The van der Waals surface area contributed by atoms with Crippen molar-refractivity contribution in [3.05, 3.63) is 69.0 Å². The average Bonchev–Trinajstić information content (AvgIpc) is 3.39. The molecular weight excluding hydrogens is 467 g/mol. The molecule has 5 rings (SSSR count). The summed E-state index contributed by atoms with van der Waals surface area (Å²) in [7, 11) is 0. The zero-order valence-corrected chi connectivity index (χ0v) is 19.8. The van der Waals surface area contributed by atoms with Crippen LogP contribution in [0.5, 0.6) is 0 Å². The highest BCUT2D eigenvalue weighted by atomic mass is 35.5. The summed E-state index contributed by atoms with van der Waals surface area (Å²) in [4.78, 5) is 0. The molecule has 0 spiro atoms. The van der Waals surface area contributed by atoms with Crippen LogP contribution in [0.2, 0.25) is 15.1 Å². The molecule has 1 aliphatic rings. The number of aromatic nitrogens is 4. The van der Waals surface area contributed by atoms with Gasteiger partial charge in [0.25, 0.3) is 5.89 Å². The largest absolute Gasteiger partial charge is 0.419 e. The first-order valence-electron chi connectivity index (χ1n) is 10.7. The molecule has 164 valence electrons. The SMILES string of the molecule is Cc1c(-c2nnc(C3CCCCC3)o2)nn(-c2ccc(Cl)cc2Cl)c1-c1cccc(Cl)c1. The second-order valence-electron chi connectivity index (χ2n) is 8.12. The van der Waals surface area contributed by atoms with Crippen LogP contribution >= 0.6 is 34.8 Å². The molecule has 0 radical (unpaired) electrons. The lowest BCUT2D eigenvalue weighted by atomic mass is 9.89. The van der Waals surface area contributed by atoms with Crippen LogP contribution in [0.1, 0.15) is 49.5 Å². The van der Waals surface area contributed by atoms with E-state index >= 15 is 0 Å². The number of nitrogens with zero attached hydrogens (tertiary/aromatic N) is 4. The Labute approximate surface area is 201 Å². The molecule has 0 aliphatic heterocycles. The normalized spacial score (nSPS) is 14.8. The summed E-state index contributed by atoms with van der Waals surface area (Å²) < 4.78 is 7.92. The number of halogens is 3. The minimum atomic E-state index is 0.325. The molecule has 4 aromatic rings. The van der Waals surface area contributed by atoms with Gasteiger partial charge >= 0.3 is 0 Å². The fraction of sp³-hybridized carbons (Fsp3) is 0.292. The molecule has 0 bridgehead atoms. The maximum absolute atomic E-state index is 6.55. The van der Waals surface area contributed by atoms with Gasteiger partial charge < -0.3 is 4.42 Å². The van der Waals surface area contributed by atoms with Gasteiger partial charge in [0.15, 0.2) is 5.69 Å². The van der Waals surface area contributed by atoms with Gasteiger partial charge in [-0.15, -0.1) is 10.2 Å². The van der Waals surface area contributed by atoms with Crippen molar-refractivity contribution < 1.29 is 4.42 Å². The van der Waals surface area contributed by atoms with Gasteiger partial charge in [-0.3, -0.25) is 0 Å². The zero-order valence-electron chi connectivity index (χ0n) is 17.5. The summed E-state index contributed by atoms with van der Waals surface area (Å²) in [6.45, 7) is 1.99. The fourth-order valence-electron chi connectivity index (χ4n) is 4.35. The molecular formula is C24H21Cl3N4O. The summed E-state index contributed by atoms with van der Waals surface area (Å²) in [5.74, 6) is 1.43. The van der Waals surface area contributed by atoms with E-state index in [-0.39, 0.29) is 0 Å². The maximum Gasteiger partial charge on any atom is 0.268 e. The van der Waals surface area contributed by atoms with Gasteiger partial charge in [-0.05, 0) is 50.1 Å². The summed E-state index contributed by atoms with van der Waals surface area (Å²) >= 11 is 19.0. The first-order chi connectivity index (χ1) is 15.5. The van der Waals surface area contributed by atoms with Crippen LogP contribution in [0.3, 0.4) is 0 Å². The van der Waals surface area contributed by atoms with Gasteiger partial charge in [0.1, 0.15) is 0 Å².